The van der Waals surface area contributed by atoms with E-state index >= 15 is 0 Å². The van der Waals surface area contributed by atoms with Crippen molar-refractivity contribution in [2.75, 3.05) is 32.8 Å². The zero-order valence-electron chi connectivity index (χ0n) is 14.4. The van der Waals surface area contributed by atoms with Crippen LogP contribution in [0.15, 0.2) is 47.9 Å². The van der Waals surface area contributed by atoms with Crippen molar-refractivity contribution < 1.29 is 9.50 Å². The molecular weight excluding hydrogens is 335 g/mol. The molecule has 0 bridgehead atoms. The standard InChI is InChI=1S/C20H25FN2OS/c21-18-7-5-17(6-8-18)3-1-10-22-11-12-23(19(15-22)9-13-24)16-20-4-2-14-25-20/h1-8,14,19,24H,9-13,15-16H2/b3-1+/t19-/m0/s1. The Hall–Kier alpha value is -1.53. The second-order valence-corrected chi connectivity index (χ2v) is 7.46. The number of benzene rings is 1. The van der Waals surface area contributed by atoms with Crippen molar-refractivity contribution in [3.63, 3.8) is 0 Å². The van der Waals surface area contributed by atoms with Crippen LogP contribution in [0.5, 0.6) is 0 Å². The maximum Gasteiger partial charge on any atom is 0.123 e. The Labute approximate surface area is 153 Å². The van der Waals surface area contributed by atoms with E-state index in [0.29, 0.717) is 6.04 Å². The normalized spacial score (nSPS) is 19.7. The van der Waals surface area contributed by atoms with Crippen LogP contribution in [0.4, 0.5) is 4.39 Å². The summed E-state index contributed by atoms with van der Waals surface area (Å²) in [6, 6.07) is 11.2. The fraction of sp³-hybridized carbons (Fsp3) is 0.400. The molecule has 0 saturated carbocycles. The van der Waals surface area contributed by atoms with Crippen LogP contribution in [0, 0.1) is 5.82 Å². The number of hydrogen-bond acceptors (Lipinski definition) is 4. The molecule has 1 aliphatic rings. The lowest BCUT2D eigenvalue weighted by Crippen LogP contribution is -2.52. The van der Waals surface area contributed by atoms with Crippen LogP contribution in [-0.4, -0.2) is 53.7 Å². The summed E-state index contributed by atoms with van der Waals surface area (Å²) in [6.07, 6.45) is 4.99. The molecular formula is C20H25FN2OS. The predicted octanol–water partition coefficient (Wildman–Crippen LogP) is 3.47. The molecule has 0 radical (unpaired) electrons. The van der Waals surface area contributed by atoms with Crippen molar-refractivity contribution in [1.29, 1.82) is 0 Å². The van der Waals surface area contributed by atoms with E-state index in [1.54, 1.807) is 23.5 Å². The molecule has 0 amide bonds. The van der Waals surface area contributed by atoms with Crippen LogP contribution < -0.4 is 0 Å². The first-order valence-electron chi connectivity index (χ1n) is 8.76. The lowest BCUT2D eigenvalue weighted by Gasteiger charge is -2.41. The third-order valence-electron chi connectivity index (χ3n) is 4.63. The smallest absolute Gasteiger partial charge is 0.123 e. The summed E-state index contributed by atoms with van der Waals surface area (Å²) in [5.41, 5.74) is 1.02. The van der Waals surface area contributed by atoms with Gasteiger partial charge in [0.05, 0.1) is 0 Å². The molecule has 3 nitrogen and oxygen atoms in total. The van der Waals surface area contributed by atoms with Gasteiger partial charge in [0.25, 0.3) is 0 Å². The van der Waals surface area contributed by atoms with E-state index in [9.17, 15) is 9.50 Å². The van der Waals surface area contributed by atoms with Gasteiger partial charge in [-0.15, -0.1) is 11.3 Å². The van der Waals surface area contributed by atoms with Crippen LogP contribution >= 0.6 is 11.3 Å². The highest BCUT2D eigenvalue weighted by Crippen LogP contribution is 2.19. The van der Waals surface area contributed by atoms with E-state index in [1.807, 2.05) is 6.08 Å². The van der Waals surface area contributed by atoms with Gasteiger partial charge < -0.3 is 5.11 Å². The van der Waals surface area contributed by atoms with Crippen LogP contribution in [-0.2, 0) is 6.54 Å². The first-order valence-corrected chi connectivity index (χ1v) is 9.64. The second kappa shape index (κ2) is 9.25. The Morgan fingerprint density at radius 3 is 2.76 bits per heavy atom. The van der Waals surface area contributed by atoms with Gasteiger partial charge in [0.2, 0.25) is 0 Å². The molecule has 2 aromatic rings. The highest BCUT2D eigenvalue weighted by molar-refractivity contribution is 7.09. The van der Waals surface area contributed by atoms with Crippen molar-refractivity contribution in [3.8, 4) is 0 Å². The van der Waals surface area contributed by atoms with Crippen molar-refractivity contribution >= 4 is 17.4 Å². The van der Waals surface area contributed by atoms with E-state index in [1.165, 1.54) is 17.0 Å². The number of aliphatic hydroxyl groups is 1. The number of piperazine rings is 1. The predicted molar refractivity (Wildman–Crippen MR) is 102 cm³/mol. The van der Waals surface area contributed by atoms with Crippen molar-refractivity contribution in [2.24, 2.45) is 0 Å². The minimum atomic E-state index is -0.203. The Morgan fingerprint density at radius 2 is 2.04 bits per heavy atom. The molecule has 1 atom stereocenters. The van der Waals surface area contributed by atoms with E-state index < -0.39 is 0 Å². The molecule has 1 fully saturated rings. The van der Waals surface area contributed by atoms with E-state index in [0.717, 1.165) is 44.7 Å². The Morgan fingerprint density at radius 1 is 1.20 bits per heavy atom. The summed E-state index contributed by atoms with van der Waals surface area (Å²) in [5, 5.41) is 11.5. The average molecular weight is 360 g/mol. The molecule has 1 aromatic heterocycles. The van der Waals surface area contributed by atoms with E-state index in [2.05, 4.69) is 33.4 Å². The van der Waals surface area contributed by atoms with Crippen LogP contribution in [0.1, 0.15) is 16.9 Å². The van der Waals surface area contributed by atoms with Gasteiger partial charge in [-0.05, 0) is 35.6 Å². The Kier molecular flexibility index (Phi) is 6.76. The van der Waals surface area contributed by atoms with Gasteiger partial charge in [0.1, 0.15) is 5.82 Å². The number of hydrogen-bond donors (Lipinski definition) is 1. The topological polar surface area (TPSA) is 26.7 Å². The summed E-state index contributed by atoms with van der Waals surface area (Å²) in [5.74, 6) is -0.203. The largest absolute Gasteiger partial charge is 0.396 e. The van der Waals surface area contributed by atoms with E-state index in [-0.39, 0.29) is 12.4 Å². The number of nitrogens with zero attached hydrogens (tertiary/aromatic N) is 2. The van der Waals surface area contributed by atoms with Crippen molar-refractivity contribution in [3.05, 3.63) is 64.1 Å². The summed E-state index contributed by atoms with van der Waals surface area (Å²) >= 11 is 1.79. The maximum absolute atomic E-state index is 12.9. The number of aliphatic hydroxyl groups excluding tert-OH is 1. The molecule has 0 unspecified atom stereocenters. The molecule has 0 spiro atoms. The van der Waals surface area contributed by atoms with Gasteiger partial charge in [-0.3, -0.25) is 9.80 Å². The molecule has 1 N–H and O–H groups in total. The molecule has 5 heteroatoms. The zero-order valence-corrected chi connectivity index (χ0v) is 15.2. The molecule has 134 valence electrons. The monoisotopic (exact) mass is 360 g/mol. The summed E-state index contributed by atoms with van der Waals surface area (Å²) in [4.78, 5) is 6.29. The Bertz CT molecular complexity index is 657. The Balaban J connectivity index is 1.53. The third-order valence-corrected chi connectivity index (χ3v) is 5.50. The molecule has 25 heavy (non-hydrogen) atoms. The summed E-state index contributed by atoms with van der Waals surface area (Å²) < 4.78 is 12.9. The SMILES string of the molecule is OCC[C@H]1CN(C/C=C/c2ccc(F)cc2)CCN1Cc1cccs1. The van der Waals surface area contributed by atoms with Gasteiger partial charge in [-0.1, -0.05) is 30.4 Å². The quantitative estimate of drug-likeness (QED) is 0.819. The molecule has 3 rings (SSSR count). The number of halogens is 1. The van der Waals surface area contributed by atoms with Gasteiger partial charge in [-0.25, -0.2) is 4.39 Å². The van der Waals surface area contributed by atoms with Gasteiger partial charge in [0.15, 0.2) is 0 Å². The van der Waals surface area contributed by atoms with E-state index in [4.69, 9.17) is 0 Å². The lowest BCUT2D eigenvalue weighted by atomic mass is 10.1. The molecule has 1 aliphatic heterocycles. The highest BCUT2D eigenvalue weighted by atomic mass is 32.1. The fourth-order valence-corrected chi connectivity index (χ4v) is 4.00. The first kappa shape index (κ1) is 18.3. The minimum absolute atomic E-state index is 0.203. The third kappa shape index (κ3) is 5.47. The molecule has 2 heterocycles. The maximum atomic E-state index is 12.9. The molecule has 1 saturated heterocycles. The first-order chi connectivity index (χ1) is 12.2. The minimum Gasteiger partial charge on any atom is -0.396 e. The average Bonchev–Trinajstić information content (AvgIpc) is 3.12. The zero-order chi connectivity index (χ0) is 17.5. The summed E-state index contributed by atoms with van der Waals surface area (Å²) in [6.45, 7) is 5.10. The lowest BCUT2D eigenvalue weighted by molar-refractivity contribution is 0.0604. The van der Waals surface area contributed by atoms with Crippen LogP contribution in [0.3, 0.4) is 0 Å². The van der Waals surface area contributed by atoms with Gasteiger partial charge >= 0.3 is 0 Å². The number of rotatable bonds is 7. The summed E-state index contributed by atoms with van der Waals surface area (Å²) in [7, 11) is 0. The molecule has 1 aromatic carbocycles. The van der Waals surface area contributed by atoms with Crippen molar-refractivity contribution in [2.45, 2.75) is 19.0 Å². The molecule has 0 aliphatic carbocycles. The van der Waals surface area contributed by atoms with Crippen molar-refractivity contribution in [1.82, 2.24) is 9.80 Å². The highest BCUT2D eigenvalue weighted by Gasteiger charge is 2.26. The van der Waals surface area contributed by atoms with Gasteiger partial charge in [0, 0.05) is 50.2 Å². The number of thiophene rings is 1. The van der Waals surface area contributed by atoms with Gasteiger partial charge in [-0.2, -0.15) is 0 Å². The van der Waals surface area contributed by atoms with Crippen LogP contribution in [0.2, 0.25) is 0 Å². The fourth-order valence-electron chi connectivity index (χ4n) is 3.27. The second-order valence-electron chi connectivity index (χ2n) is 6.43. The van der Waals surface area contributed by atoms with Crippen LogP contribution in [0.25, 0.3) is 6.08 Å².